The molecule has 104 valence electrons. The SMILES string of the molecule is [2H]C([2H])([2H])N(CCC(c1ccc(Cl)cc1)c1ccccn1)N=O. The smallest absolute Gasteiger partial charge is 0.0521 e. The average Bonchev–Trinajstić information content (AvgIpc) is 2.52. The summed E-state index contributed by atoms with van der Waals surface area (Å²) in [5.41, 5.74) is 1.75. The van der Waals surface area contributed by atoms with Crippen LogP contribution < -0.4 is 0 Å². The van der Waals surface area contributed by atoms with Crippen molar-refractivity contribution in [3.05, 3.63) is 69.8 Å². The number of nitrogens with zero attached hydrogens (tertiary/aromatic N) is 3. The first-order valence-corrected chi connectivity index (χ1v) is 6.57. The third kappa shape index (κ3) is 3.78. The first-order valence-electron chi connectivity index (χ1n) is 7.69. The van der Waals surface area contributed by atoms with Crippen LogP contribution in [0.15, 0.2) is 53.9 Å². The molecule has 0 amide bonds. The van der Waals surface area contributed by atoms with Crippen LogP contribution in [-0.2, 0) is 0 Å². The molecule has 0 fully saturated rings. The highest BCUT2D eigenvalue weighted by molar-refractivity contribution is 6.30. The average molecular weight is 293 g/mol. The van der Waals surface area contributed by atoms with Crippen LogP contribution in [0.3, 0.4) is 0 Å². The van der Waals surface area contributed by atoms with E-state index in [1.54, 1.807) is 18.3 Å². The number of benzene rings is 1. The molecule has 0 aliphatic heterocycles. The molecule has 1 atom stereocenters. The summed E-state index contributed by atoms with van der Waals surface area (Å²) in [5, 5.41) is 3.81. The van der Waals surface area contributed by atoms with Gasteiger partial charge < -0.3 is 0 Å². The second-order valence-electron chi connectivity index (χ2n) is 4.35. The zero-order chi connectivity index (χ0) is 16.9. The Morgan fingerprint density at radius 2 is 2.15 bits per heavy atom. The molecular formula is C15H16ClN3O. The Kier molecular flexibility index (Phi) is 3.78. The van der Waals surface area contributed by atoms with Crippen molar-refractivity contribution in [2.75, 3.05) is 13.5 Å². The maximum absolute atomic E-state index is 10.8. The molecule has 1 heterocycles. The van der Waals surface area contributed by atoms with Gasteiger partial charge in [-0.15, -0.1) is 4.91 Å². The normalized spacial score (nSPS) is 14.8. The summed E-state index contributed by atoms with van der Waals surface area (Å²) in [6.07, 6.45) is 2.07. The molecule has 0 spiro atoms. The minimum absolute atomic E-state index is 0.00384. The summed E-state index contributed by atoms with van der Waals surface area (Å²) in [6.45, 7) is -2.54. The van der Waals surface area contributed by atoms with Gasteiger partial charge in [-0.2, -0.15) is 0 Å². The predicted octanol–water partition coefficient (Wildman–Crippen LogP) is 3.87. The van der Waals surface area contributed by atoms with Gasteiger partial charge in [0.25, 0.3) is 0 Å². The standard InChI is InChI=1S/C15H16ClN3O/c1-19(18-20)11-9-14(15-4-2-3-10-17-15)12-5-7-13(16)8-6-12/h2-8,10,14H,9,11H2,1H3/i1D3. The molecule has 0 N–H and O–H groups in total. The van der Waals surface area contributed by atoms with E-state index in [1.807, 2.05) is 30.3 Å². The highest BCUT2D eigenvalue weighted by Gasteiger charge is 2.16. The molecule has 20 heavy (non-hydrogen) atoms. The van der Waals surface area contributed by atoms with Crippen molar-refractivity contribution in [1.29, 1.82) is 0 Å². The van der Waals surface area contributed by atoms with Crippen LogP contribution in [0.2, 0.25) is 5.02 Å². The van der Waals surface area contributed by atoms with Crippen molar-refractivity contribution in [2.45, 2.75) is 12.3 Å². The minimum Gasteiger partial charge on any atom is -0.264 e. The summed E-state index contributed by atoms with van der Waals surface area (Å²) in [7, 11) is 0. The van der Waals surface area contributed by atoms with Gasteiger partial charge in [-0.1, -0.05) is 29.8 Å². The summed E-state index contributed by atoms with van der Waals surface area (Å²) in [6, 6.07) is 12.8. The molecule has 2 rings (SSSR count). The summed E-state index contributed by atoms with van der Waals surface area (Å²) < 4.78 is 21.9. The second-order valence-corrected chi connectivity index (χ2v) is 4.79. The van der Waals surface area contributed by atoms with Gasteiger partial charge in [0.05, 0.1) is 5.29 Å². The zero-order valence-electron chi connectivity index (χ0n) is 13.7. The summed E-state index contributed by atoms with van der Waals surface area (Å²) in [4.78, 5) is 15.1. The van der Waals surface area contributed by atoms with Crippen LogP contribution in [-0.4, -0.2) is 23.5 Å². The van der Waals surface area contributed by atoms with E-state index < -0.39 is 6.98 Å². The number of pyridine rings is 1. The number of nitroso groups, excluding NO2 is 1. The van der Waals surface area contributed by atoms with E-state index in [9.17, 15) is 4.91 Å². The number of hydrogen-bond donors (Lipinski definition) is 0. The zero-order valence-corrected chi connectivity index (χ0v) is 11.5. The maximum atomic E-state index is 10.8. The number of hydrogen-bond acceptors (Lipinski definition) is 3. The van der Waals surface area contributed by atoms with Crippen molar-refractivity contribution in [2.24, 2.45) is 5.29 Å². The van der Waals surface area contributed by atoms with Crippen molar-refractivity contribution in [3.63, 3.8) is 0 Å². The van der Waals surface area contributed by atoms with E-state index in [0.29, 0.717) is 16.5 Å². The summed E-state index contributed by atoms with van der Waals surface area (Å²) >= 11 is 5.92. The van der Waals surface area contributed by atoms with Crippen LogP contribution >= 0.6 is 11.6 Å². The molecule has 0 aliphatic rings. The molecule has 5 heteroatoms. The van der Waals surface area contributed by atoms with E-state index >= 15 is 0 Å². The third-order valence-electron chi connectivity index (χ3n) is 3.05. The van der Waals surface area contributed by atoms with Gasteiger partial charge in [-0.3, -0.25) is 9.99 Å². The van der Waals surface area contributed by atoms with Gasteiger partial charge in [0.1, 0.15) is 0 Å². The molecule has 1 unspecified atom stereocenters. The lowest BCUT2D eigenvalue weighted by Gasteiger charge is -2.19. The van der Waals surface area contributed by atoms with E-state index in [1.165, 1.54) is 0 Å². The fourth-order valence-corrected chi connectivity index (χ4v) is 2.18. The van der Waals surface area contributed by atoms with Gasteiger partial charge in [-0.25, -0.2) is 0 Å². The third-order valence-corrected chi connectivity index (χ3v) is 3.30. The second kappa shape index (κ2) is 7.01. The fraction of sp³-hybridized carbons (Fsp3) is 0.267. The van der Waals surface area contributed by atoms with Crippen molar-refractivity contribution in [3.8, 4) is 0 Å². The molecule has 0 saturated carbocycles. The van der Waals surface area contributed by atoms with E-state index in [4.69, 9.17) is 15.7 Å². The molecule has 0 saturated heterocycles. The number of rotatable bonds is 6. The predicted molar refractivity (Wildman–Crippen MR) is 80.6 cm³/mol. The Hall–Kier alpha value is -1.94. The highest BCUT2D eigenvalue weighted by atomic mass is 35.5. The number of halogens is 1. The lowest BCUT2D eigenvalue weighted by molar-refractivity contribution is 0.336. The Morgan fingerprint density at radius 3 is 2.75 bits per heavy atom. The van der Waals surface area contributed by atoms with E-state index in [2.05, 4.69) is 10.3 Å². The Labute approximate surface area is 127 Å². The Morgan fingerprint density at radius 1 is 1.35 bits per heavy atom. The minimum atomic E-state index is -2.55. The highest BCUT2D eigenvalue weighted by Crippen LogP contribution is 2.27. The van der Waals surface area contributed by atoms with Gasteiger partial charge in [0, 0.05) is 40.5 Å². The lowest BCUT2D eigenvalue weighted by atomic mass is 9.92. The quantitative estimate of drug-likeness (QED) is 0.600. The first kappa shape index (κ1) is 10.8. The van der Waals surface area contributed by atoms with Crippen LogP contribution in [0.4, 0.5) is 0 Å². The number of aromatic nitrogens is 1. The molecule has 4 nitrogen and oxygen atoms in total. The topological polar surface area (TPSA) is 45.6 Å². The van der Waals surface area contributed by atoms with Crippen molar-refractivity contribution < 1.29 is 4.11 Å². The Bertz CT molecular complexity index is 635. The molecular weight excluding hydrogens is 274 g/mol. The van der Waals surface area contributed by atoms with Crippen LogP contribution in [0.1, 0.15) is 27.7 Å². The van der Waals surface area contributed by atoms with Crippen molar-refractivity contribution >= 4 is 11.6 Å². The van der Waals surface area contributed by atoms with Gasteiger partial charge in [0.2, 0.25) is 0 Å². The molecule has 0 radical (unpaired) electrons. The first-order chi connectivity index (χ1) is 10.9. The Balaban J connectivity index is 2.24. The molecule has 0 bridgehead atoms. The lowest BCUT2D eigenvalue weighted by Crippen LogP contribution is -2.16. The van der Waals surface area contributed by atoms with Crippen LogP contribution in [0, 0.1) is 4.91 Å². The van der Waals surface area contributed by atoms with Crippen LogP contribution in [0.25, 0.3) is 0 Å². The van der Waals surface area contributed by atoms with Gasteiger partial charge >= 0.3 is 0 Å². The van der Waals surface area contributed by atoms with Crippen LogP contribution in [0.5, 0.6) is 0 Å². The fourth-order valence-electron chi connectivity index (χ4n) is 2.05. The molecule has 0 aliphatic carbocycles. The molecule has 1 aromatic carbocycles. The molecule has 2 aromatic rings. The summed E-state index contributed by atoms with van der Waals surface area (Å²) in [5.74, 6) is -0.153. The van der Waals surface area contributed by atoms with Gasteiger partial charge in [0.15, 0.2) is 0 Å². The van der Waals surface area contributed by atoms with E-state index in [-0.39, 0.29) is 12.5 Å². The van der Waals surface area contributed by atoms with E-state index in [0.717, 1.165) is 11.3 Å². The maximum Gasteiger partial charge on any atom is 0.0521 e. The van der Waals surface area contributed by atoms with Crippen molar-refractivity contribution in [1.82, 2.24) is 9.99 Å². The largest absolute Gasteiger partial charge is 0.264 e. The monoisotopic (exact) mass is 292 g/mol. The van der Waals surface area contributed by atoms with Gasteiger partial charge in [-0.05, 0) is 36.2 Å². The molecule has 1 aromatic heterocycles.